The van der Waals surface area contributed by atoms with Gasteiger partial charge >= 0.3 is 0 Å². The van der Waals surface area contributed by atoms with Crippen LogP contribution in [0.3, 0.4) is 0 Å². The normalized spacial score (nSPS) is 27.3. The third-order valence-corrected chi connectivity index (χ3v) is 4.21. The molecular weight excluding hydrogens is 287 g/mol. The first-order valence-corrected chi connectivity index (χ1v) is 6.98. The third kappa shape index (κ3) is 2.13. The van der Waals surface area contributed by atoms with Crippen LogP contribution in [0, 0.1) is 0 Å². The zero-order valence-corrected chi connectivity index (χ0v) is 11.8. The van der Waals surface area contributed by atoms with Gasteiger partial charge in [0.1, 0.15) is 12.3 Å². The Kier molecular flexibility index (Phi) is 3.43. The molecule has 6 heteroatoms. The molecule has 4 nitrogen and oxygen atoms in total. The molecule has 0 aliphatic carbocycles. The number of ether oxygens (including phenoxy) is 1. The van der Waals surface area contributed by atoms with E-state index in [-0.39, 0.29) is 12.5 Å². The molecule has 2 saturated heterocycles. The number of nitrogens with zero attached hydrogens (tertiary/aromatic N) is 1. The lowest BCUT2D eigenvalue weighted by atomic mass is 9.94. The molecule has 2 aliphatic rings. The van der Waals surface area contributed by atoms with Crippen LogP contribution in [-0.2, 0) is 15.2 Å². The fraction of sp³-hybridized carbons (Fsp3) is 0.462. The van der Waals surface area contributed by atoms with Gasteiger partial charge in [-0.3, -0.25) is 10.1 Å². The molecule has 0 bridgehead atoms. The molecule has 0 radical (unpaired) electrons. The van der Waals surface area contributed by atoms with Gasteiger partial charge in [0.05, 0.1) is 6.61 Å². The standard InChI is InChI=1S/C13H14Cl2N2O2/c14-9-2-3-11(15)10(6-9)13-8-19-7-12(18)17(13)5-1-4-16-13/h2-3,6,16H,1,4-5,7-8H2. The predicted molar refractivity (Wildman–Crippen MR) is 73.3 cm³/mol. The van der Waals surface area contributed by atoms with Crippen molar-refractivity contribution < 1.29 is 9.53 Å². The van der Waals surface area contributed by atoms with Crippen LogP contribution < -0.4 is 5.32 Å². The summed E-state index contributed by atoms with van der Waals surface area (Å²) in [5.41, 5.74) is 0.115. The fourth-order valence-electron chi connectivity index (χ4n) is 2.78. The van der Waals surface area contributed by atoms with Gasteiger partial charge in [-0.15, -0.1) is 0 Å². The Morgan fingerprint density at radius 1 is 1.37 bits per heavy atom. The summed E-state index contributed by atoms with van der Waals surface area (Å²) in [7, 11) is 0. The Morgan fingerprint density at radius 2 is 2.21 bits per heavy atom. The number of rotatable bonds is 1. The largest absolute Gasteiger partial charge is 0.367 e. The van der Waals surface area contributed by atoms with Crippen LogP contribution in [-0.4, -0.2) is 37.1 Å². The Hall–Kier alpha value is -0.810. The quantitative estimate of drug-likeness (QED) is 0.862. The maximum atomic E-state index is 12.1. The summed E-state index contributed by atoms with van der Waals surface area (Å²) in [5, 5.41) is 4.57. The summed E-state index contributed by atoms with van der Waals surface area (Å²) in [6.45, 7) is 2.04. The zero-order chi connectivity index (χ0) is 13.5. The molecule has 0 spiro atoms. The lowest BCUT2D eigenvalue weighted by molar-refractivity contribution is -0.167. The van der Waals surface area contributed by atoms with Gasteiger partial charge < -0.3 is 9.64 Å². The summed E-state index contributed by atoms with van der Waals surface area (Å²) in [6, 6.07) is 5.29. The molecule has 1 unspecified atom stereocenters. The number of halogens is 2. The van der Waals surface area contributed by atoms with Gasteiger partial charge in [-0.25, -0.2) is 0 Å². The second kappa shape index (κ2) is 4.94. The minimum atomic E-state index is -0.685. The van der Waals surface area contributed by atoms with Gasteiger partial charge in [-0.05, 0) is 31.2 Å². The summed E-state index contributed by atoms with van der Waals surface area (Å²) < 4.78 is 5.45. The number of morpholine rings is 1. The molecule has 3 rings (SSSR count). The summed E-state index contributed by atoms with van der Waals surface area (Å²) in [6.07, 6.45) is 0.922. The van der Waals surface area contributed by atoms with Crippen molar-refractivity contribution in [3.63, 3.8) is 0 Å². The number of benzene rings is 1. The van der Waals surface area contributed by atoms with Gasteiger partial charge in [0.2, 0.25) is 5.91 Å². The van der Waals surface area contributed by atoms with Crippen LogP contribution in [0.4, 0.5) is 0 Å². The van der Waals surface area contributed by atoms with Crippen molar-refractivity contribution in [2.75, 3.05) is 26.3 Å². The number of carbonyl (C=O) groups excluding carboxylic acids is 1. The molecule has 2 aliphatic heterocycles. The SMILES string of the molecule is O=C1COCC2(c3cc(Cl)ccc3Cl)NCCCN12. The smallest absolute Gasteiger partial charge is 0.250 e. The highest BCUT2D eigenvalue weighted by Crippen LogP contribution is 2.37. The third-order valence-electron chi connectivity index (χ3n) is 3.65. The Labute approximate surface area is 121 Å². The number of nitrogens with one attached hydrogen (secondary N) is 1. The van der Waals surface area contributed by atoms with E-state index in [9.17, 15) is 4.79 Å². The molecule has 0 aromatic heterocycles. The second-order valence-corrected chi connectivity index (χ2v) is 5.65. The van der Waals surface area contributed by atoms with Gasteiger partial charge in [0.25, 0.3) is 0 Å². The molecule has 2 heterocycles. The first-order chi connectivity index (χ1) is 9.13. The van der Waals surface area contributed by atoms with Crippen molar-refractivity contribution in [3.8, 4) is 0 Å². The number of hydrogen-bond donors (Lipinski definition) is 1. The zero-order valence-electron chi connectivity index (χ0n) is 10.3. The summed E-state index contributed by atoms with van der Waals surface area (Å²) in [5.74, 6) is -0.0190. The van der Waals surface area contributed by atoms with Crippen LogP contribution in [0.2, 0.25) is 10.0 Å². The molecule has 1 amide bonds. The minimum Gasteiger partial charge on any atom is -0.367 e. The van der Waals surface area contributed by atoms with Crippen LogP contribution in [0.25, 0.3) is 0 Å². The van der Waals surface area contributed by atoms with E-state index in [1.807, 2.05) is 4.90 Å². The van der Waals surface area contributed by atoms with E-state index in [2.05, 4.69) is 5.32 Å². The lowest BCUT2D eigenvalue weighted by Crippen LogP contribution is -2.67. The Bertz CT molecular complexity index is 519. The number of amides is 1. The maximum Gasteiger partial charge on any atom is 0.250 e. The fourth-order valence-corrected chi connectivity index (χ4v) is 3.23. The number of fused-ring (bicyclic) bond motifs is 1. The molecule has 1 aromatic carbocycles. The lowest BCUT2D eigenvalue weighted by Gasteiger charge is -2.50. The Morgan fingerprint density at radius 3 is 3.05 bits per heavy atom. The summed E-state index contributed by atoms with van der Waals surface area (Å²) >= 11 is 12.4. The molecule has 1 aromatic rings. The molecule has 2 fully saturated rings. The molecule has 102 valence electrons. The second-order valence-electron chi connectivity index (χ2n) is 4.80. The van der Waals surface area contributed by atoms with Gasteiger partial charge in [-0.2, -0.15) is 0 Å². The summed E-state index contributed by atoms with van der Waals surface area (Å²) in [4.78, 5) is 13.9. The van der Waals surface area contributed by atoms with Crippen molar-refractivity contribution in [1.82, 2.24) is 10.2 Å². The van der Waals surface area contributed by atoms with Crippen molar-refractivity contribution in [1.29, 1.82) is 0 Å². The van der Waals surface area contributed by atoms with E-state index < -0.39 is 5.66 Å². The molecule has 1 atom stereocenters. The Balaban J connectivity index is 2.12. The molecule has 1 N–H and O–H groups in total. The maximum absolute atomic E-state index is 12.1. The van der Waals surface area contributed by atoms with E-state index >= 15 is 0 Å². The van der Waals surface area contributed by atoms with Crippen molar-refractivity contribution in [2.24, 2.45) is 0 Å². The molecular formula is C13H14Cl2N2O2. The van der Waals surface area contributed by atoms with Crippen molar-refractivity contribution in [3.05, 3.63) is 33.8 Å². The molecule has 0 saturated carbocycles. The highest BCUT2D eigenvalue weighted by Gasteiger charge is 2.47. The van der Waals surface area contributed by atoms with E-state index in [0.717, 1.165) is 18.5 Å². The van der Waals surface area contributed by atoms with Crippen molar-refractivity contribution >= 4 is 29.1 Å². The van der Waals surface area contributed by atoms with Crippen LogP contribution >= 0.6 is 23.2 Å². The number of carbonyl (C=O) groups is 1. The van der Waals surface area contributed by atoms with Crippen LogP contribution in [0.5, 0.6) is 0 Å². The van der Waals surface area contributed by atoms with Crippen LogP contribution in [0.1, 0.15) is 12.0 Å². The first-order valence-electron chi connectivity index (χ1n) is 6.22. The van der Waals surface area contributed by atoms with Crippen molar-refractivity contribution in [2.45, 2.75) is 12.1 Å². The predicted octanol–water partition coefficient (Wildman–Crippen LogP) is 2.00. The van der Waals surface area contributed by atoms with Crippen LogP contribution in [0.15, 0.2) is 18.2 Å². The van der Waals surface area contributed by atoms with E-state index in [1.54, 1.807) is 18.2 Å². The molecule has 19 heavy (non-hydrogen) atoms. The first kappa shape index (κ1) is 13.2. The number of hydrogen-bond acceptors (Lipinski definition) is 3. The van der Waals surface area contributed by atoms with E-state index in [0.29, 0.717) is 23.2 Å². The minimum absolute atomic E-state index is 0.0190. The highest BCUT2D eigenvalue weighted by molar-refractivity contribution is 6.33. The van der Waals surface area contributed by atoms with E-state index in [1.165, 1.54) is 0 Å². The monoisotopic (exact) mass is 300 g/mol. The average molecular weight is 301 g/mol. The highest BCUT2D eigenvalue weighted by atomic mass is 35.5. The topological polar surface area (TPSA) is 41.6 Å². The van der Waals surface area contributed by atoms with E-state index in [4.69, 9.17) is 27.9 Å². The average Bonchev–Trinajstić information content (AvgIpc) is 2.42. The van der Waals surface area contributed by atoms with Gasteiger partial charge in [0, 0.05) is 22.2 Å². The van der Waals surface area contributed by atoms with Gasteiger partial charge in [0.15, 0.2) is 0 Å². The van der Waals surface area contributed by atoms with Gasteiger partial charge in [-0.1, -0.05) is 23.2 Å².